The van der Waals surface area contributed by atoms with Crippen LogP contribution in [0.15, 0.2) is 42.6 Å². The van der Waals surface area contributed by atoms with Crippen molar-refractivity contribution in [3.8, 4) is 5.88 Å². The molecule has 1 aromatic carbocycles. The Labute approximate surface area is 148 Å². The minimum absolute atomic E-state index is 0. The number of pyridine rings is 1. The lowest BCUT2D eigenvalue weighted by atomic mass is 10.1. The molecule has 1 heterocycles. The van der Waals surface area contributed by atoms with Crippen molar-refractivity contribution in [1.29, 1.82) is 0 Å². The summed E-state index contributed by atoms with van der Waals surface area (Å²) in [5.41, 5.74) is 7.16. The van der Waals surface area contributed by atoms with Gasteiger partial charge in [-0.3, -0.25) is 4.79 Å². The van der Waals surface area contributed by atoms with Gasteiger partial charge in [0.2, 0.25) is 5.88 Å². The standard InChI is InChI=1S/C16H16F3N3O2.ClH/c17-16(18,19)10-24-15-13(2-1-7-21-15)9-22-14(23)12-5-3-11(8-20)4-6-12;/h1-7H,8-10,20H2,(H,22,23);1H. The Morgan fingerprint density at radius 3 is 2.48 bits per heavy atom. The van der Waals surface area contributed by atoms with E-state index in [9.17, 15) is 18.0 Å². The van der Waals surface area contributed by atoms with Crippen LogP contribution in [-0.2, 0) is 13.1 Å². The summed E-state index contributed by atoms with van der Waals surface area (Å²) in [6.07, 6.45) is -3.13. The highest BCUT2D eigenvalue weighted by atomic mass is 35.5. The fraction of sp³-hybridized carbons (Fsp3) is 0.250. The van der Waals surface area contributed by atoms with Gasteiger partial charge in [0.05, 0.1) is 0 Å². The molecule has 136 valence electrons. The largest absolute Gasteiger partial charge is 0.468 e. The number of nitrogens with zero attached hydrogens (tertiary/aromatic N) is 1. The predicted molar refractivity (Wildman–Crippen MR) is 88.5 cm³/mol. The summed E-state index contributed by atoms with van der Waals surface area (Å²) in [6.45, 7) is -1.07. The quantitative estimate of drug-likeness (QED) is 0.814. The van der Waals surface area contributed by atoms with Gasteiger partial charge in [-0.2, -0.15) is 13.2 Å². The van der Waals surface area contributed by atoms with Gasteiger partial charge in [-0.1, -0.05) is 18.2 Å². The molecule has 0 fully saturated rings. The molecule has 2 rings (SSSR count). The van der Waals surface area contributed by atoms with Crippen LogP contribution in [0.5, 0.6) is 5.88 Å². The van der Waals surface area contributed by atoms with Crippen LogP contribution >= 0.6 is 12.4 Å². The number of benzene rings is 1. The third-order valence-electron chi connectivity index (χ3n) is 3.11. The number of nitrogens with one attached hydrogen (secondary N) is 1. The first-order chi connectivity index (χ1) is 11.4. The molecule has 0 aliphatic rings. The summed E-state index contributed by atoms with van der Waals surface area (Å²) in [6, 6.07) is 9.81. The van der Waals surface area contributed by atoms with E-state index in [0.29, 0.717) is 17.7 Å². The molecule has 1 amide bonds. The van der Waals surface area contributed by atoms with Crippen LogP contribution in [0.4, 0.5) is 13.2 Å². The maximum atomic E-state index is 12.2. The molecule has 0 unspecified atom stereocenters. The summed E-state index contributed by atoms with van der Waals surface area (Å²) in [7, 11) is 0. The zero-order valence-corrected chi connectivity index (χ0v) is 13.9. The van der Waals surface area contributed by atoms with Gasteiger partial charge in [0.25, 0.3) is 5.91 Å². The number of alkyl halides is 3. The Balaban J connectivity index is 0.00000312. The van der Waals surface area contributed by atoms with Crippen LogP contribution < -0.4 is 15.8 Å². The first kappa shape index (κ1) is 20.7. The Bertz CT molecular complexity index is 694. The van der Waals surface area contributed by atoms with Gasteiger partial charge in [-0.05, 0) is 23.8 Å². The molecule has 3 N–H and O–H groups in total. The fourth-order valence-corrected chi connectivity index (χ4v) is 1.91. The number of carbonyl (C=O) groups excluding carboxylic acids is 1. The van der Waals surface area contributed by atoms with Crippen LogP contribution in [0.2, 0.25) is 0 Å². The first-order valence-electron chi connectivity index (χ1n) is 7.09. The number of nitrogens with two attached hydrogens (primary N) is 1. The van der Waals surface area contributed by atoms with Crippen LogP contribution in [0.1, 0.15) is 21.5 Å². The second kappa shape index (κ2) is 9.24. The number of halogens is 4. The molecule has 0 aliphatic heterocycles. The number of hydrogen-bond acceptors (Lipinski definition) is 4. The molecular formula is C16H17ClF3N3O2. The number of amides is 1. The molecule has 5 nitrogen and oxygen atoms in total. The molecule has 0 saturated carbocycles. The molecule has 25 heavy (non-hydrogen) atoms. The summed E-state index contributed by atoms with van der Waals surface area (Å²) >= 11 is 0. The number of aromatic nitrogens is 1. The first-order valence-corrected chi connectivity index (χ1v) is 7.09. The van der Waals surface area contributed by atoms with Crippen LogP contribution in [0.3, 0.4) is 0 Å². The van der Waals surface area contributed by atoms with E-state index >= 15 is 0 Å². The van der Waals surface area contributed by atoms with E-state index in [1.54, 1.807) is 30.3 Å². The lowest BCUT2D eigenvalue weighted by Crippen LogP contribution is -2.24. The minimum Gasteiger partial charge on any atom is -0.468 e. The van der Waals surface area contributed by atoms with Crippen molar-refractivity contribution in [2.24, 2.45) is 5.73 Å². The Hall–Kier alpha value is -2.32. The highest BCUT2D eigenvalue weighted by Crippen LogP contribution is 2.20. The molecule has 0 radical (unpaired) electrons. The van der Waals surface area contributed by atoms with Gasteiger partial charge in [0, 0.05) is 30.4 Å². The zero-order chi connectivity index (χ0) is 17.6. The molecule has 2 aromatic rings. The van der Waals surface area contributed by atoms with E-state index in [2.05, 4.69) is 15.0 Å². The summed E-state index contributed by atoms with van der Waals surface area (Å²) in [5, 5.41) is 2.62. The van der Waals surface area contributed by atoms with Crippen LogP contribution in [-0.4, -0.2) is 23.7 Å². The van der Waals surface area contributed by atoms with E-state index in [0.717, 1.165) is 5.56 Å². The third-order valence-corrected chi connectivity index (χ3v) is 3.11. The number of ether oxygens (including phenoxy) is 1. The number of rotatable bonds is 6. The van der Waals surface area contributed by atoms with Crippen molar-refractivity contribution in [3.05, 3.63) is 59.3 Å². The highest BCUT2D eigenvalue weighted by molar-refractivity contribution is 5.94. The van der Waals surface area contributed by atoms with Gasteiger partial charge in [-0.25, -0.2) is 4.98 Å². The van der Waals surface area contributed by atoms with E-state index in [4.69, 9.17) is 5.73 Å². The Morgan fingerprint density at radius 1 is 1.20 bits per heavy atom. The van der Waals surface area contributed by atoms with Crippen molar-refractivity contribution < 1.29 is 22.7 Å². The number of hydrogen-bond donors (Lipinski definition) is 2. The molecule has 0 spiro atoms. The molecule has 0 aliphatic carbocycles. The zero-order valence-electron chi connectivity index (χ0n) is 13.0. The molecule has 1 aromatic heterocycles. The molecule has 0 bridgehead atoms. The van der Waals surface area contributed by atoms with Crippen molar-refractivity contribution in [2.45, 2.75) is 19.3 Å². The minimum atomic E-state index is -4.46. The van der Waals surface area contributed by atoms with Crippen molar-refractivity contribution in [3.63, 3.8) is 0 Å². The predicted octanol–water partition coefficient (Wildman–Crippen LogP) is 2.83. The third kappa shape index (κ3) is 6.60. The van der Waals surface area contributed by atoms with E-state index in [-0.39, 0.29) is 30.7 Å². The van der Waals surface area contributed by atoms with Crippen molar-refractivity contribution >= 4 is 18.3 Å². The Morgan fingerprint density at radius 2 is 1.88 bits per heavy atom. The molecule has 9 heteroatoms. The second-order valence-corrected chi connectivity index (χ2v) is 4.96. The Kier molecular flexibility index (Phi) is 7.66. The summed E-state index contributed by atoms with van der Waals surface area (Å²) < 4.78 is 41.4. The maximum absolute atomic E-state index is 12.2. The maximum Gasteiger partial charge on any atom is 0.422 e. The summed E-state index contributed by atoms with van der Waals surface area (Å²) in [5.74, 6) is -0.516. The average Bonchev–Trinajstić information content (AvgIpc) is 2.58. The molecule has 0 atom stereocenters. The van der Waals surface area contributed by atoms with Crippen molar-refractivity contribution in [1.82, 2.24) is 10.3 Å². The van der Waals surface area contributed by atoms with Gasteiger partial charge in [0.15, 0.2) is 6.61 Å². The van der Waals surface area contributed by atoms with E-state index in [1.807, 2.05) is 0 Å². The van der Waals surface area contributed by atoms with Gasteiger partial charge < -0.3 is 15.8 Å². The van der Waals surface area contributed by atoms with Gasteiger partial charge in [0.1, 0.15) is 0 Å². The fourth-order valence-electron chi connectivity index (χ4n) is 1.91. The average molecular weight is 376 g/mol. The normalized spacial score (nSPS) is 10.7. The topological polar surface area (TPSA) is 77.2 Å². The monoisotopic (exact) mass is 375 g/mol. The van der Waals surface area contributed by atoms with Crippen LogP contribution in [0, 0.1) is 0 Å². The SMILES string of the molecule is Cl.NCc1ccc(C(=O)NCc2cccnc2OCC(F)(F)F)cc1. The highest BCUT2D eigenvalue weighted by Gasteiger charge is 2.29. The van der Waals surface area contributed by atoms with E-state index in [1.165, 1.54) is 12.3 Å². The lowest BCUT2D eigenvalue weighted by Gasteiger charge is -2.12. The van der Waals surface area contributed by atoms with Crippen molar-refractivity contribution in [2.75, 3.05) is 6.61 Å². The smallest absolute Gasteiger partial charge is 0.422 e. The van der Waals surface area contributed by atoms with E-state index < -0.39 is 12.8 Å². The second-order valence-electron chi connectivity index (χ2n) is 4.96. The number of carbonyl (C=O) groups is 1. The van der Waals surface area contributed by atoms with Gasteiger partial charge in [-0.15, -0.1) is 12.4 Å². The molecule has 0 saturated heterocycles. The van der Waals surface area contributed by atoms with Gasteiger partial charge >= 0.3 is 6.18 Å². The lowest BCUT2D eigenvalue weighted by molar-refractivity contribution is -0.154. The molecular weight excluding hydrogens is 359 g/mol. The summed E-state index contributed by atoms with van der Waals surface area (Å²) in [4.78, 5) is 15.8. The van der Waals surface area contributed by atoms with Crippen LogP contribution in [0.25, 0.3) is 0 Å².